The summed E-state index contributed by atoms with van der Waals surface area (Å²) in [5.41, 5.74) is 1.30. The third-order valence-corrected chi connectivity index (χ3v) is 5.51. The van der Waals surface area contributed by atoms with E-state index in [0.29, 0.717) is 14.5 Å². The molecule has 1 aromatic heterocycles. The summed E-state index contributed by atoms with van der Waals surface area (Å²) in [6.07, 6.45) is 0. The van der Waals surface area contributed by atoms with Crippen LogP contribution in [0.1, 0.15) is 0 Å². The van der Waals surface area contributed by atoms with Gasteiger partial charge in [0.15, 0.2) is 0 Å². The second-order valence-electron chi connectivity index (χ2n) is 2.32. The van der Waals surface area contributed by atoms with Gasteiger partial charge in [0.2, 0.25) is 0 Å². The van der Waals surface area contributed by atoms with Crippen molar-refractivity contribution in [3.63, 3.8) is 0 Å². The van der Waals surface area contributed by atoms with Crippen LogP contribution < -0.4 is 0 Å². The first-order valence-electron chi connectivity index (χ1n) is 3.50. The first kappa shape index (κ1) is 8.39. The van der Waals surface area contributed by atoms with E-state index in [2.05, 4.69) is 29.2 Å². The fraction of sp³-hybridized carbons (Fsp3) is 0. The minimum absolute atomic E-state index is 0.436. The molecule has 0 radical (unpaired) electrons. The molecule has 0 N–H and O–H groups in total. The van der Waals surface area contributed by atoms with E-state index in [4.69, 9.17) is 12.2 Å². The summed E-state index contributed by atoms with van der Waals surface area (Å²) in [7, 11) is 0. The Bertz CT molecular complexity index is 413. The molecule has 12 heavy (non-hydrogen) atoms. The zero-order valence-corrected chi connectivity index (χ0v) is 9.53. The molecule has 0 nitrogen and oxygen atoms in total. The van der Waals surface area contributed by atoms with Gasteiger partial charge in [-0.1, -0.05) is 0 Å². The van der Waals surface area contributed by atoms with Gasteiger partial charge in [-0.15, -0.1) is 0 Å². The molecular formula is C9H6S2Se. The third kappa shape index (κ3) is 1.75. The Labute approximate surface area is 86.3 Å². The SMILES string of the molecule is S=c1sc(-c2ccccc2)c[se]1. The van der Waals surface area contributed by atoms with Crippen molar-refractivity contribution in [2.45, 2.75) is 0 Å². The zero-order valence-electron chi connectivity index (χ0n) is 6.19. The van der Waals surface area contributed by atoms with E-state index in [9.17, 15) is 0 Å². The van der Waals surface area contributed by atoms with E-state index in [0.717, 1.165) is 2.70 Å². The first-order valence-corrected chi connectivity index (χ1v) is 6.57. The molecule has 0 spiro atoms. The van der Waals surface area contributed by atoms with Crippen LogP contribution in [0.2, 0.25) is 0 Å². The topological polar surface area (TPSA) is 0 Å². The van der Waals surface area contributed by atoms with Gasteiger partial charge < -0.3 is 0 Å². The Morgan fingerprint density at radius 3 is 2.50 bits per heavy atom. The van der Waals surface area contributed by atoms with Crippen molar-refractivity contribution in [1.29, 1.82) is 0 Å². The van der Waals surface area contributed by atoms with Crippen LogP contribution in [0.15, 0.2) is 35.3 Å². The van der Waals surface area contributed by atoms with Crippen molar-refractivity contribution in [2.24, 2.45) is 0 Å². The molecule has 0 bridgehead atoms. The van der Waals surface area contributed by atoms with Crippen LogP contribution >= 0.6 is 23.6 Å². The summed E-state index contributed by atoms with van der Waals surface area (Å²) in [6.45, 7) is 0. The van der Waals surface area contributed by atoms with E-state index < -0.39 is 0 Å². The molecule has 0 saturated carbocycles. The van der Waals surface area contributed by atoms with Gasteiger partial charge >= 0.3 is 86.5 Å². The zero-order chi connectivity index (χ0) is 8.39. The molecule has 2 aromatic rings. The Morgan fingerprint density at radius 2 is 1.92 bits per heavy atom. The number of rotatable bonds is 1. The quantitative estimate of drug-likeness (QED) is 0.558. The fourth-order valence-corrected chi connectivity index (χ4v) is 4.40. The molecule has 0 aliphatic rings. The van der Waals surface area contributed by atoms with Crippen LogP contribution in [0, 0.1) is 2.70 Å². The van der Waals surface area contributed by atoms with Gasteiger partial charge in [0, 0.05) is 0 Å². The molecule has 3 heteroatoms. The molecule has 0 atom stereocenters. The second-order valence-corrected chi connectivity index (χ2v) is 7.05. The maximum atomic E-state index is 5.13. The summed E-state index contributed by atoms with van der Waals surface area (Å²) in [6, 6.07) is 10.4. The Balaban J connectivity index is 2.51. The molecule has 0 fully saturated rings. The van der Waals surface area contributed by atoms with Crippen molar-refractivity contribution >= 4 is 38.1 Å². The van der Waals surface area contributed by atoms with E-state index in [1.165, 1.54) is 10.4 Å². The van der Waals surface area contributed by atoms with Crippen molar-refractivity contribution in [1.82, 2.24) is 0 Å². The van der Waals surface area contributed by atoms with Gasteiger partial charge in [0.1, 0.15) is 0 Å². The van der Waals surface area contributed by atoms with E-state index in [1.54, 1.807) is 11.3 Å². The normalized spacial score (nSPS) is 10.0. The van der Waals surface area contributed by atoms with Crippen LogP contribution in [0.3, 0.4) is 0 Å². The Hall–Kier alpha value is -0.211. The molecule has 0 amide bonds. The van der Waals surface area contributed by atoms with Crippen LogP contribution in [-0.4, -0.2) is 14.5 Å². The number of hydrogen-bond donors (Lipinski definition) is 0. The molecule has 1 aromatic carbocycles. The second kappa shape index (κ2) is 3.67. The average Bonchev–Trinajstić information content (AvgIpc) is 2.54. The Morgan fingerprint density at radius 1 is 1.17 bits per heavy atom. The van der Waals surface area contributed by atoms with E-state index in [-0.39, 0.29) is 0 Å². The van der Waals surface area contributed by atoms with Crippen molar-refractivity contribution in [3.8, 4) is 10.4 Å². The predicted molar refractivity (Wildman–Crippen MR) is 57.5 cm³/mol. The molecular weight excluding hydrogens is 251 g/mol. The molecule has 60 valence electrons. The van der Waals surface area contributed by atoms with Gasteiger partial charge in [-0.25, -0.2) is 0 Å². The average molecular weight is 257 g/mol. The number of hydrogen-bond acceptors (Lipinski definition) is 2. The molecule has 0 aliphatic heterocycles. The van der Waals surface area contributed by atoms with Gasteiger partial charge in [0.25, 0.3) is 0 Å². The summed E-state index contributed by atoms with van der Waals surface area (Å²) >= 11 is 7.31. The fourth-order valence-electron chi connectivity index (χ4n) is 0.969. The standard InChI is InChI=1S/C9H6S2Se/c10-9-11-8(6-12-9)7-4-2-1-3-5-7/h1-6H. The van der Waals surface area contributed by atoms with Crippen LogP contribution in [0.25, 0.3) is 10.4 Å². The molecule has 2 rings (SSSR count). The molecule has 0 aliphatic carbocycles. The van der Waals surface area contributed by atoms with Crippen molar-refractivity contribution < 1.29 is 0 Å². The summed E-state index contributed by atoms with van der Waals surface area (Å²) in [5.74, 6) is 0. The monoisotopic (exact) mass is 258 g/mol. The van der Waals surface area contributed by atoms with Crippen LogP contribution in [0.4, 0.5) is 0 Å². The number of benzene rings is 1. The minimum atomic E-state index is 0.436. The van der Waals surface area contributed by atoms with Gasteiger partial charge in [-0.3, -0.25) is 0 Å². The molecule has 1 heterocycles. The van der Waals surface area contributed by atoms with Crippen LogP contribution in [0.5, 0.6) is 0 Å². The molecule has 0 saturated heterocycles. The van der Waals surface area contributed by atoms with Crippen LogP contribution in [-0.2, 0) is 0 Å². The van der Waals surface area contributed by atoms with Gasteiger partial charge in [-0.05, 0) is 0 Å². The maximum absolute atomic E-state index is 5.13. The third-order valence-electron chi connectivity index (χ3n) is 1.51. The predicted octanol–water partition coefficient (Wildman–Crippen LogP) is 3.20. The Kier molecular flexibility index (Phi) is 2.56. The van der Waals surface area contributed by atoms with Gasteiger partial charge in [0.05, 0.1) is 0 Å². The summed E-state index contributed by atoms with van der Waals surface area (Å²) < 4.78 is 1.14. The first-order chi connectivity index (χ1) is 5.86. The van der Waals surface area contributed by atoms with E-state index >= 15 is 0 Å². The molecule has 0 unspecified atom stereocenters. The van der Waals surface area contributed by atoms with Crippen molar-refractivity contribution in [3.05, 3.63) is 38.0 Å². The summed E-state index contributed by atoms with van der Waals surface area (Å²) in [4.78, 5) is 3.59. The summed E-state index contributed by atoms with van der Waals surface area (Å²) in [5, 5.41) is 0. The van der Waals surface area contributed by atoms with E-state index in [1.807, 2.05) is 6.07 Å². The van der Waals surface area contributed by atoms with Crippen molar-refractivity contribution in [2.75, 3.05) is 0 Å². The van der Waals surface area contributed by atoms with Gasteiger partial charge in [-0.2, -0.15) is 0 Å².